The van der Waals surface area contributed by atoms with Gasteiger partial charge in [0.2, 0.25) is 0 Å². The molecule has 1 N–H and O–H groups in total. The van der Waals surface area contributed by atoms with E-state index in [2.05, 4.69) is 47.5 Å². The van der Waals surface area contributed by atoms with Crippen LogP contribution in [0.5, 0.6) is 0 Å². The summed E-state index contributed by atoms with van der Waals surface area (Å²) in [5.74, 6) is 0. The summed E-state index contributed by atoms with van der Waals surface area (Å²) in [7, 11) is 0. The lowest BCUT2D eigenvalue weighted by molar-refractivity contribution is -0.00905. The highest BCUT2D eigenvalue weighted by atomic mass is 16.6. The molecule has 0 aromatic heterocycles. The van der Waals surface area contributed by atoms with Crippen molar-refractivity contribution in [2.45, 2.75) is 57.7 Å². The smallest absolute Gasteiger partial charge is 0.410 e. The Morgan fingerprint density at radius 2 is 1.81 bits per heavy atom. The number of carbonyl (C=O) groups is 1. The number of nitrogens with one attached hydrogen (secondary N) is 1. The average Bonchev–Trinajstić information content (AvgIpc) is 2.62. The molecule has 3 rings (SSSR count). The van der Waals surface area contributed by atoms with E-state index in [-0.39, 0.29) is 11.6 Å². The summed E-state index contributed by atoms with van der Waals surface area (Å²) in [6.45, 7) is 12.7. The van der Waals surface area contributed by atoms with Crippen molar-refractivity contribution in [1.29, 1.82) is 0 Å². The molecule has 0 aliphatic carbocycles. The average molecular weight is 360 g/mol. The minimum Gasteiger partial charge on any atom is -0.444 e. The Hall–Kier alpha value is -1.59. The third-order valence-electron chi connectivity index (χ3n) is 5.63. The van der Waals surface area contributed by atoms with Crippen molar-refractivity contribution in [3.63, 3.8) is 0 Å². The summed E-state index contributed by atoms with van der Waals surface area (Å²) in [5.41, 5.74) is 1.07. The van der Waals surface area contributed by atoms with Gasteiger partial charge < -0.3 is 15.0 Å². The maximum Gasteiger partial charge on any atom is 0.410 e. The first-order valence-corrected chi connectivity index (χ1v) is 9.78. The van der Waals surface area contributed by atoms with Gasteiger partial charge in [0, 0.05) is 44.3 Å². The van der Waals surface area contributed by atoms with Gasteiger partial charge in [-0.1, -0.05) is 30.3 Å². The van der Waals surface area contributed by atoms with Crippen LogP contribution < -0.4 is 5.32 Å². The fourth-order valence-electron chi connectivity index (χ4n) is 3.96. The van der Waals surface area contributed by atoms with Gasteiger partial charge in [-0.05, 0) is 46.1 Å². The van der Waals surface area contributed by atoms with Crippen molar-refractivity contribution in [3.05, 3.63) is 35.9 Å². The molecule has 0 saturated carbocycles. The molecule has 2 saturated heterocycles. The molecule has 0 bridgehead atoms. The van der Waals surface area contributed by atoms with Gasteiger partial charge in [-0.25, -0.2) is 4.79 Å². The summed E-state index contributed by atoms with van der Waals surface area (Å²) < 4.78 is 5.53. The first-order chi connectivity index (χ1) is 12.3. The van der Waals surface area contributed by atoms with Gasteiger partial charge in [-0.2, -0.15) is 0 Å². The molecule has 0 spiro atoms. The maximum absolute atomic E-state index is 12.3. The Morgan fingerprint density at radius 1 is 1.15 bits per heavy atom. The monoisotopic (exact) mass is 359 g/mol. The van der Waals surface area contributed by atoms with E-state index in [0.29, 0.717) is 6.04 Å². The van der Waals surface area contributed by atoms with Crippen LogP contribution >= 0.6 is 0 Å². The Labute approximate surface area is 157 Å². The highest BCUT2D eigenvalue weighted by Crippen LogP contribution is 2.32. The lowest BCUT2D eigenvalue weighted by Crippen LogP contribution is -2.60. The van der Waals surface area contributed by atoms with Gasteiger partial charge >= 0.3 is 6.09 Å². The van der Waals surface area contributed by atoms with Gasteiger partial charge in [0.1, 0.15) is 5.60 Å². The van der Waals surface area contributed by atoms with Crippen LogP contribution in [0.3, 0.4) is 0 Å². The maximum atomic E-state index is 12.3. The first-order valence-electron chi connectivity index (χ1n) is 9.78. The molecule has 144 valence electrons. The van der Waals surface area contributed by atoms with Gasteiger partial charge in [0.05, 0.1) is 0 Å². The van der Waals surface area contributed by atoms with E-state index in [1.807, 2.05) is 25.7 Å². The van der Waals surface area contributed by atoms with Crippen LogP contribution in [0.2, 0.25) is 0 Å². The van der Waals surface area contributed by atoms with E-state index >= 15 is 0 Å². The molecule has 1 amide bonds. The standard InChI is InChI=1S/C21H33N3O2/c1-20(2,3)26-19(25)23-13-10-21(4,11-14-23)24-15-12-22-18(16-24)17-8-6-5-7-9-17/h5-9,18,22H,10-16H2,1-4H3/t18-/m1/s1. The van der Waals surface area contributed by atoms with E-state index in [1.54, 1.807) is 0 Å². The Kier molecular flexibility index (Phi) is 5.58. The number of nitrogens with zero attached hydrogens (tertiary/aromatic N) is 2. The predicted molar refractivity (Wildman–Crippen MR) is 104 cm³/mol. The largest absolute Gasteiger partial charge is 0.444 e. The molecule has 2 fully saturated rings. The van der Waals surface area contributed by atoms with E-state index < -0.39 is 5.60 Å². The van der Waals surface area contributed by atoms with Crippen molar-refractivity contribution >= 4 is 6.09 Å². The second-order valence-corrected chi connectivity index (χ2v) is 8.83. The third kappa shape index (κ3) is 4.57. The van der Waals surface area contributed by atoms with Crippen LogP contribution in [0.15, 0.2) is 30.3 Å². The van der Waals surface area contributed by atoms with Crippen molar-refractivity contribution in [2.75, 3.05) is 32.7 Å². The predicted octanol–water partition coefficient (Wildman–Crippen LogP) is 3.42. The molecule has 5 heteroatoms. The van der Waals surface area contributed by atoms with Crippen LogP contribution in [-0.4, -0.2) is 59.8 Å². The second kappa shape index (κ2) is 7.57. The number of rotatable bonds is 2. The Bertz CT molecular complexity index is 603. The molecular weight excluding hydrogens is 326 g/mol. The summed E-state index contributed by atoms with van der Waals surface area (Å²) in [4.78, 5) is 16.8. The molecular formula is C21H33N3O2. The fourth-order valence-corrected chi connectivity index (χ4v) is 3.96. The number of benzene rings is 1. The first kappa shape index (κ1) is 19.2. The van der Waals surface area contributed by atoms with Crippen LogP contribution in [0, 0.1) is 0 Å². The summed E-state index contributed by atoms with van der Waals surface area (Å²) in [6.07, 6.45) is 1.81. The SMILES string of the molecule is CC(C)(C)OC(=O)N1CCC(C)(N2CCN[C@@H](c3ccccc3)C2)CC1. The zero-order valence-corrected chi connectivity index (χ0v) is 16.6. The van der Waals surface area contributed by atoms with Gasteiger partial charge in [-0.15, -0.1) is 0 Å². The minimum absolute atomic E-state index is 0.146. The number of hydrogen-bond donors (Lipinski definition) is 1. The highest BCUT2D eigenvalue weighted by molar-refractivity contribution is 5.68. The van der Waals surface area contributed by atoms with E-state index in [0.717, 1.165) is 45.6 Å². The van der Waals surface area contributed by atoms with Gasteiger partial charge in [0.15, 0.2) is 0 Å². The molecule has 2 aliphatic heterocycles. The zero-order valence-electron chi connectivity index (χ0n) is 16.6. The van der Waals surface area contributed by atoms with Crippen LogP contribution in [0.4, 0.5) is 4.79 Å². The molecule has 26 heavy (non-hydrogen) atoms. The topological polar surface area (TPSA) is 44.8 Å². The summed E-state index contributed by atoms with van der Waals surface area (Å²) in [5, 5.41) is 3.65. The number of hydrogen-bond acceptors (Lipinski definition) is 4. The van der Waals surface area contributed by atoms with Crippen LogP contribution in [-0.2, 0) is 4.74 Å². The lowest BCUT2D eigenvalue weighted by Gasteiger charge is -2.49. The molecule has 0 unspecified atom stereocenters. The van der Waals surface area contributed by atoms with Crippen molar-refractivity contribution in [2.24, 2.45) is 0 Å². The van der Waals surface area contributed by atoms with Crippen molar-refractivity contribution < 1.29 is 9.53 Å². The number of carbonyl (C=O) groups excluding carboxylic acids is 1. The molecule has 1 atom stereocenters. The number of ether oxygens (including phenoxy) is 1. The van der Waals surface area contributed by atoms with Crippen LogP contribution in [0.25, 0.3) is 0 Å². The molecule has 2 heterocycles. The molecule has 5 nitrogen and oxygen atoms in total. The Balaban J connectivity index is 1.59. The summed E-state index contributed by atoms with van der Waals surface area (Å²) in [6, 6.07) is 11.1. The normalized spacial score (nSPS) is 24.3. The lowest BCUT2D eigenvalue weighted by atomic mass is 9.86. The third-order valence-corrected chi connectivity index (χ3v) is 5.63. The van der Waals surface area contributed by atoms with E-state index in [4.69, 9.17) is 4.74 Å². The van der Waals surface area contributed by atoms with Crippen molar-refractivity contribution in [3.8, 4) is 0 Å². The summed E-state index contributed by atoms with van der Waals surface area (Å²) >= 11 is 0. The molecule has 1 aromatic rings. The quantitative estimate of drug-likeness (QED) is 0.879. The Morgan fingerprint density at radius 3 is 2.42 bits per heavy atom. The number of likely N-dealkylation sites (tertiary alicyclic amines) is 1. The van der Waals surface area contributed by atoms with Crippen LogP contribution in [0.1, 0.15) is 52.1 Å². The minimum atomic E-state index is -0.431. The van der Waals surface area contributed by atoms with E-state index in [1.165, 1.54) is 5.56 Å². The second-order valence-electron chi connectivity index (χ2n) is 8.83. The number of piperidine rings is 1. The van der Waals surface area contributed by atoms with Crippen molar-refractivity contribution in [1.82, 2.24) is 15.1 Å². The van der Waals surface area contributed by atoms with E-state index in [9.17, 15) is 4.79 Å². The number of piperazine rings is 1. The number of amides is 1. The highest BCUT2D eigenvalue weighted by Gasteiger charge is 2.39. The molecule has 0 radical (unpaired) electrons. The molecule has 2 aliphatic rings. The van der Waals surface area contributed by atoms with Gasteiger partial charge in [-0.3, -0.25) is 4.90 Å². The zero-order chi connectivity index (χ0) is 18.8. The molecule has 1 aromatic carbocycles. The van der Waals surface area contributed by atoms with Gasteiger partial charge in [0.25, 0.3) is 0 Å². The fraction of sp³-hybridized carbons (Fsp3) is 0.667.